The van der Waals surface area contributed by atoms with Crippen molar-refractivity contribution in [2.75, 3.05) is 7.11 Å². The van der Waals surface area contributed by atoms with Gasteiger partial charge in [0.05, 0.1) is 18.8 Å². The lowest BCUT2D eigenvalue weighted by Gasteiger charge is -2.10. The summed E-state index contributed by atoms with van der Waals surface area (Å²) in [7, 11) is 1.56. The highest BCUT2D eigenvalue weighted by Gasteiger charge is 2.13. The van der Waals surface area contributed by atoms with Crippen LogP contribution in [0.2, 0.25) is 0 Å². The first-order chi connectivity index (χ1) is 7.04. The molecule has 0 aliphatic rings. The van der Waals surface area contributed by atoms with Crippen molar-refractivity contribution < 1.29 is 14.3 Å². The third-order valence-corrected chi connectivity index (χ3v) is 2.43. The van der Waals surface area contributed by atoms with Crippen molar-refractivity contribution in [1.82, 2.24) is 0 Å². The maximum absolute atomic E-state index is 11.6. The van der Waals surface area contributed by atoms with Crippen LogP contribution in [0.15, 0.2) is 22.7 Å². The third-order valence-electron chi connectivity index (χ3n) is 1.74. The smallest absolute Gasteiger partial charge is 0.339 e. The standard InChI is InChI=1S/C11H13BrO3/c1-7(2)15-11(13)9-6-8(14-3)4-5-10(9)12/h4-7H,1-3H3. The van der Waals surface area contributed by atoms with E-state index in [-0.39, 0.29) is 12.1 Å². The second kappa shape index (κ2) is 5.16. The Bertz CT molecular complexity index is 361. The van der Waals surface area contributed by atoms with Gasteiger partial charge in [-0.25, -0.2) is 4.79 Å². The molecule has 0 N–H and O–H groups in total. The van der Waals surface area contributed by atoms with Crippen LogP contribution in [0.4, 0.5) is 0 Å². The van der Waals surface area contributed by atoms with Crippen LogP contribution >= 0.6 is 15.9 Å². The van der Waals surface area contributed by atoms with Crippen LogP contribution in [0.25, 0.3) is 0 Å². The van der Waals surface area contributed by atoms with Gasteiger partial charge >= 0.3 is 5.97 Å². The molecular formula is C11H13BrO3. The van der Waals surface area contributed by atoms with Crippen molar-refractivity contribution in [2.24, 2.45) is 0 Å². The van der Waals surface area contributed by atoms with Crippen molar-refractivity contribution in [3.05, 3.63) is 28.2 Å². The van der Waals surface area contributed by atoms with Gasteiger partial charge in [0.2, 0.25) is 0 Å². The molecule has 0 bridgehead atoms. The summed E-state index contributed by atoms with van der Waals surface area (Å²) in [6, 6.07) is 5.18. The molecule has 4 heteroatoms. The van der Waals surface area contributed by atoms with Gasteiger partial charge in [-0.15, -0.1) is 0 Å². The second-order valence-electron chi connectivity index (χ2n) is 3.30. The molecule has 3 nitrogen and oxygen atoms in total. The van der Waals surface area contributed by atoms with Crippen LogP contribution < -0.4 is 4.74 Å². The van der Waals surface area contributed by atoms with E-state index in [1.54, 1.807) is 25.3 Å². The Kier molecular flexibility index (Phi) is 4.15. The molecule has 1 aromatic rings. The fourth-order valence-electron chi connectivity index (χ4n) is 1.07. The second-order valence-corrected chi connectivity index (χ2v) is 4.15. The molecule has 0 amide bonds. The fraction of sp³-hybridized carbons (Fsp3) is 0.364. The summed E-state index contributed by atoms with van der Waals surface area (Å²) in [4.78, 5) is 11.6. The summed E-state index contributed by atoms with van der Waals surface area (Å²) in [5.41, 5.74) is 0.475. The van der Waals surface area contributed by atoms with Gasteiger partial charge in [-0.2, -0.15) is 0 Å². The zero-order chi connectivity index (χ0) is 11.4. The van der Waals surface area contributed by atoms with Gasteiger partial charge in [-0.1, -0.05) is 0 Å². The van der Waals surface area contributed by atoms with Crippen LogP contribution in [-0.2, 0) is 4.74 Å². The number of hydrogen-bond acceptors (Lipinski definition) is 3. The van der Waals surface area contributed by atoms with Gasteiger partial charge in [0.1, 0.15) is 5.75 Å². The van der Waals surface area contributed by atoms with Crippen molar-refractivity contribution in [3.8, 4) is 5.75 Å². The number of esters is 1. The highest BCUT2D eigenvalue weighted by atomic mass is 79.9. The first kappa shape index (κ1) is 12.0. The van der Waals surface area contributed by atoms with Gasteiger partial charge < -0.3 is 9.47 Å². The average Bonchev–Trinajstić information content (AvgIpc) is 2.17. The number of methoxy groups -OCH3 is 1. The Labute approximate surface area is 97.5 Å². The van der Waals surface area contributed by atoms with E-state index in [2.05, 4.69) is 15.9 Å². The zero-order valence-electron chi connectivity index (χ0n) is 8.91. The highest BCUT2D eigenvalue weighted by molar-refractivity contribution is 9.10. The molecule has 1 aromatic carbocycles. The van der Waals surface area contributed by atoms with Gasteiger partial charge in [-0.3, -0.25) is 0 Å². The van der Waals surface area contributed by atoms with Crippen LogP contribution in [0.3, 0.4) is 0 Å². The number of hydrogen-bond donors (Lipinski definition) is 0. The lowest BCUT2D eigenvalue weighted by atomic mass is 10.2. The van der Waals surface area contributed by atoms with Gasteiger partial charge in [-0.05, 0) is 48.0 Å². The average molecular weight is 273 g/mol. The summed E-state index contributed by atoms with van der Waals surface area (Å²) in [5, 5.41) is 0. The van der Waals surface area contributed by atoms with E-state index in [1.165, 1.54) is 0 Å². The normalized spacial score (nSPS) is 10.2. The molecular weight excluding hydrogens is 260 g/mol. The van der Waals surface area contributed by atoms with Crippen molar-refractivity contribution >= 4 is 21.9 Å². The fourth-order valence-corrected chi connectivity index (χ4v) is 1.47. The SMILES string of the molecule is COc1ccc(Br)c(C(=O)OC(C)C)c1. The molecule has 15 heavy (non-hydrogen) atoms. The molecule has 1 rings (SSSR count). The van der Waals surface area contributed by atoms with E-state index in [4.69, 9.17) is 9.47 Å². The van der Waals surface area contributed by atoms with Crippen LogP contribution in [0.1, 0.15) is 24.2 Å². The predicted molar refractivity (Wildman–Crippen MR) is 61.2 cm³/mol. The molecule has 0 spiro atoms. The minimum Gasteiger partial charge on any atom is -0.497 e. The number of carbonyl (C=O) groups is 1. The molecule has 0 fully saturated rings. The summed E-state index contributed by atoms with van der Waals surface area (Å²) >= 11 is 3.29. The summed E-state index contributed by atoms with van der Waals surface area (Å²) in [6.45, 7) is 3.62. The Morgan fingerprint density at radius 1 is 1.40 bits per heavy atom. The third kappa shape index (κ3) is 3.23. The number of benzene rings is 1. The van der Waals surface area contributed by atoms with Crippen LogP contribution in [0, 0.1) is 0 Å². The van der Waals surface area contributed by atoms with E-state index in [9.17, 15) is 4.79 Å². The lowest BCUT2D eigenvalue weighted by Crippen LogP contribution is -2.12. The van der Waals surface area contributed by atoms with Crippen LogP contribution in [-0.4, -0.2) is 19.2 Å². The number of rotatable bonds is 3. The largest absolute Gasteiger partial charge is 0.497 e. The monoisotopic (exact) mass is 272 g/mol. The summed E-state index contributed by atoms with van der Waals surface area (Å²) in [5.74, 6) is 0.282. The zero-order valence-corrected chi connectivity index (χ0v) is 10.5. The van der Waals surface area contributed by atoms with E-state index >= 15 is 0 Å². The molecule has 0 atom stereocenters. The maximum Gasteiger partial charge on any atom is 0.339 e. The van der Waals surface area contributed by atoms with E-state index < -0.39 is 0 Å². The number of carbonyl (C=O) groups excluding carboxylic acids is 1. The molecule has 0 radical (unpaired) electrons. The minimum atomic E-state index is -0.351. The quantitative estimate of drug-likeness (QED) is 0.794. The molecule has 82 valence electrons. The van der Waals surface area contributed by atoms with Crippen molar-refractivity contribution in [1.29, 1.82) is 0 Å². The Hall–Kier alpha value is -1.03. The predicted octanol–water partition coefficient (Wildman–Crippen LogP) is 3.02. The molecule has 0 aromatic heterocycles. The molecule has 0 aliphatic heterocycles. The first-order valence-electron chi connectivity index (χ1n) is 4.59. The number of halogens is 1. The van der Waals surface area contributed by atoms with Gasteiger partial charge in [0.25, 0.3) is 0 Å². The Morgan fingerprint density at radius 3 is 2.60 bits per heavy atom. The van der Waals surface area contributed by atoms with Gasteiger partial charge in [0, 0.05) is 4.47 Å². The highest BCUT2D eigenvalue weighted by Crippen LogP contribution is 2.23. The summed E-state index contributed by atoms with van der Waals surface area (Å²) < 4.78 is 10.8. The van der Waals surface area contributed by atoms with Crippen LogP contribution in [0.5, 0.6) is 5.75 Å². The Balaban J connectivity index is 2.96. The Morgan fingerprint density at radius 2 is 2.07 bits per heavy atom. The maximum atomic E-state index is 11.6. The first-order valence-corrected chi connectivity index (χ1v) is 5.38. The molecule has 0 heterocycles. The van der Waals surface area contributed by atoms with E-state index in [0.717, 1.165) is 0 Å². The molecule has 0 saturated carbocycles. The molecule has 0 saturated heterocycles. The summed E-state index contributed by atoms with van der Waals surface area (Å²) in [6.07, 6.45) is -0.129. The topological polar surface area (TPSA) is 35.5 Å². The van der Waals surface area contributed by atoms with Crippen molar-refractivity contribution in [3.63, 3.8) is 0 Å². The van der Waals surface area contributed by atoms with E-state index in [0.29, 0.717) is 15.8 Å². The minimum absolute atomic E-state index is 0.129. The molecule has 0 unspecified atom stereocenters. The van der Waals surface area contributed by atoms with Gasteiger partial charge in [0.15, 0.2) is 0 Å². The molecule has 0 aliphatic carbocycles. The lowest BCUT2D eigenvalue weighted by molar-refractivity contribution is 0.0376. The van der Waals surface area contributed by atoms with E-state index in [1.807, 2.05) is 13.8 Å². The van der Waals surface area contributed by atoms with Crippen molar-refractivity contribution in [2.45, 2.75) is 20.0 Å². The number of ether oxygens (including phenoxy) is 2.